The average molecular weight is 242 g/mol. The summed E-state index contributed by atoms with van der Waals surface area (Å²) in [7, 11) is -1.78. The quantitative estimate of drug-likeness (QED) is 0.402. The highest BCUT2D eigenvalue weighted by Crippen LogP contribution is 2.37. The number of ether oxygens (including phenoxy) is 1. The van der Waals surface area contributed by atoms with E-state index in [9.17, 15) is 0 Å². The molecular formula is C13H26O2Si. The van der Waals surface area contributed by atoms with Gasteiger partial charge in [-0.25, -0.2) is 0 Å². The summed E-state index contributed by atoms with van der Waals surface area (Å²) in [6, 6.07) is 0. The zero-order valence-electron chi connectivity index (χ0n) is 11.8. The summed E-state index contributed by atoms with van der Waals surface area (Å²) in [4.78, 5) is 0. The molecule has 0 unspecified atom stereocenters. The van der Waals surface area contributed by atoms with Gasteiger partial charge in [0, 0.05) is 6.08 Å². The van der Waals surface area contributed by atoms with E-state index in [-0.39, 0.29) is 5.04 Å². The largest absolute Gasteiger partial charge is 0.519 e. The molecule has 0 saturated carbocycles. The molecule has 0 N–H and O–H groups in total. The lowest BCUT2D eigenvalue weighted by atomic mass is 10.2. The molecule has 0 radical (unpaired) electrons. The molecule has 0 saturated heterocycles. The molecule has 0 aromatic heterocycles. The summed E-state index contributed by atoms with van der Waals surface area (Å²) >= 11 is 0. The Bertz CT molecular complexity index is 260. The zero-order valence-corrected chi connectivity index (χ0v) is 12.8. The van der Waals surface area contributed by atoms with Crippen molar-refractivity contribution >= 4 is 8.32 Å². The maximum Gasteiger partial charge on any atom is 0.265 e. The molecule has 94 valence electrons. The third-order valence-corrected chi connectivity index (χ3v) is 7.20. The fraction of sp³-hybridized carbons (Fsp3) is 0.692. The van der Waals surface area contributed by atoms with Crippen LogP contribution in [0.2, 0.25) is 18.1 Å². The number of allylic oxidation sites excluding steroid dienone is 3. The summed E-state index contributed by atoms with van der Waals surface area (Å²) in [5.41, 5.74) is 0. The van der Waals surface area contributed by atoms with E-state index in [2.05, 4.69) is 33.9 Å². The van der Waals surface area contributed by atoms with Gasteiger partial charge in [0.15, 0.2) is 0 Å². The minimum Gasteiger partial charge on any atom is -0.519 e. The van der Waals surface area contributed by atoms with Gasteiger partial charge in [-0.3, -0.25) is 0 Å². The molecule has 0 aliphatic rings. The minimum atomic E-state index is -1.78. The predicted octanol–water partition coefficient (Wildman–Crippen LogP) is 4.46. The Kier molecular flexibility index (Phi) is 5.87. The van der Waals surface area contributed by atoms with Crippen LogP contribution in [0, 0.1) is 0 Å². The molecule has 0 bridgehead atoms. The van der Waals surface area contributed by atoms with E-state index in [1.165, 1.54) is 0 Å². The van der Waals surface area contributed by atoms with Crippen LogP contribution in [0.3, 0.4) is 0 Å². The van der Waals surface area contributed by atoms with Gasteiger partial charge in [-0.1, -0.05) is 32.9 Å². The molecule has 16 heavy (non-hydrogen) atoms. The van der Waals surface area contributed by atoms with Crippen molar-refractivity contribution in [1.82, 2.24) is 0 Å². The molecule has 0 amide bonds. The van der Waals surface area contributed by atoms with Crippen molar-refractivity contribution in [3.8, 4) is 0 Å². The molecule has 0 aliphatic heterocycles. The van der Waals surface area contributed by atoms with Crippen LogP contribution < -0.4 is 0 Å². The Labute approximate surface area is 101 Å². The van der Waals surface area contributed by atoms with Gasteiger partial charge in [-0.15, -0.1) is 0 Å². The van der Waals surface area contributed by atoms with Crippen LogP contribution in [0.5, 0.6) is 0 Å². The fourth-order valence-electron chi connectivity index (χ4n) is 0.833. The summed E-state index contributed by atoms with van der Waals surface area (Å²) in [6.45, 7) is 15.7. The summed E-state index contributed by atoms with van der Waals surface area (Å²) in [5, 5.41) is 0.194. The third kappa shape index (κ3) is 4.88. The van der Waals surface area contributed by atoms with Crippen molar-refractivity contribution in [2.45, 2.75) is 52.8 Å². The van der Waals surface area contributed by atoms with Crippen molar-refractivity contribution in [2.24, 2.45) is 0 Å². The SMILES string of the molecule is C/C=C/C=C(\OCC)O[Si](C)(C)C(C)(C)C. The lowest BCUT2D eigenvalue weighted by molar-refractivity contribution is 0.107. The van der Waals surface area contributed by atoms with Crippen molar-refractivity contribution in [1.29, 1.82) is 0 Å². The Hall–Kier alpha value is -0.703. The number of rotatable bonds is 5. The lowest BCUT2D eigenvalue weighted by Gasteiger charge is -2.36. The summed E-state index contributed by atoms with van der Waals surface area (Å²) in [5.74, 6) is 0.646. The zero-order chi connectivity index (χ0) is 12.8. The Morgan fingerprint density at radius 3 is 2.19 bits per heavy atom. The van der Waals surface area contributed by atoms with Crippen LogP contribution in [0.4, 0.5) is 0 Å². The molecule has 0 aromatic carbocycles. The smallest absolute Gasteiger partial charge is 0.265 e. The topological polar surface area (TPSA) is 18.5 Å². The molecule has 3 heteroatoms. The van der Waals surface area contributed by atoms with E-state index in [4.69, 9.17) is 9.16 Å². The maximum absolute atomic E-state index is 6.07. The molecule has 0 aromatic rings. The number of hydrogen-bond donors (Lipinski definition) is 0. The highest BCUT2D eigenvalue weighted by molar-refractivity contribution is 6.74. The van der Waals surface area contributed by atoms with Gasteiger partial charge in [0.2, 0.25) is 0 Å². The van der Waals surface area contributed by atoms with Gasteiger partial charge in [0.25, 0.3) is 14.3 Å². The van der Waals surface area contributed by atoms with Gasteiger partial charge in [-0.05, 0) is 32.0 Å². The standard InChI is InChI=1S/C13H26O2Si/c1-8-10-11-12(14-9-2)15-16(6,7)13(3,4)5/h8,10-11H,9H2,1-7H3/b10-8+,12-11+. The van der Waals surface area contributed by atoms with Crippen molar-refractivity contribution < 1.29 is 9.16 Å². The number of hydrogen-bond acceptors (Lipinski definition) is 2. The van der Waals surface area contributed by atoms with Crippen LogP contribution >= 0.6 is 0 Å². The van der Waals surface area contributed by atoms with Gasteiger partial charge in [-0.2, -0.15) is 0 Å². The van der Waals surface area contributed by atoms with Crippen LogP contribution in [0.15, 0.2) is 24.2 Å². The monoisotopic (exact) mass is 242 g/mol. The first kappa shape index (κ1) is 15.3. The van der Waals surface area contributed by atoms with E-state index in [1.807, 2.05) is 32.1 Å². The molecule has 0 aliphatic carbocycles. The minimum absolute atomic E-state index is 0.194. The molecular weight excluding hydrogens is 216 g/mol. The maximum atomic E-state index is 6.07. The fourth-order valence-corrected chi connectivity index (χ4v) is 1.77. The predicted molar refractivity (Wildman–Crippen MR) is 72.8 cm³/mol. The first-order valence-electron chi connectivity index (χ1n) is 5.89. The third-order valence-electron chi connectivity index (χ3n) is 2.87. The normalized spacial score (nSPS) is 14.3. The van der Waals surface area contributed by atoms with E-state index in [0.717, 1.165) is 0 Å². The van der Waals surface area contributed by atoms with Crippen LogP contribution in [0.1, 0.15) is 34.6 Å². The average Bonchev–Trinajstić information content (AvgIpc) is 2.12. The van der Waals surface area contributed by atoms with Crippen LogP contribution in [-0.4, -0.2) is 14.9 Å². The summed E-state index contributed by atoms with van der Waals surface area (Å²) in [6.07, 6.45) is 5.80. The second-order valence-electron chi connectivity index (χ2n) is 5.31. The molecule has 0 atom stereocenters. The Morgan fingerprint density at radius 1 is 1.25 bits per heavy atom. The van der Waals surface area contributed by atoms with Gasteiger partial charge < -0.3 is 9.16 Å². The highest BCUT2D eigenvalue weighted by Gasteiger charge is 2.39. The molecule has 0 spiro atoms. The molecule has 0 rings (SSSR count). The van der Waals surface area contributed by atoms with Gasteiger partial charge >= 0.3 is 0 Å². The van der Waals surface area contributed by atoms with E-state index >= 15 is 0 Å². The summed E-state index contributed by atoms with van der Waals surface area (Å²) < 4.78 is 11.6. The van der Waals surface area contributed by atoms with Crippen LogP contribution in [0.25, 0.3) is 0 Å². The molecule has 2 nitrogen and oxygen atoms in total. The van der Waals surface area contributed by atoms with E-state index in [1.54, 1.807) is 0 Å². The van der Waals surface area contributed by atoms with Gasteiger partial charge in [0.05, 0.1) is 6.61 Å². The van der Waals surface area contributed by atoms with Crippen molar-refractivity contribution in [3.05, 3.63) is 24.2 Å². The lowest BCUT2D eigenvalue weighted by Crippen LogP contribution is -2.40. The van der Waals surface area contributed by atoms with E-state index < -0.39 is 8.32 Å². The Morgan fingerprint density at radius 2 is 1.81 bits per heavy atom. The highest BCUT2D eigenvalue weighted by atomic mass is 28.4. The Balaban J connectivity index is 4.75. The first-order chi connectivity index (χ1) is 7.24. The van der Waals surface area contributed by atoms with E-state index in [0.29, 0.717) is 12.6 Å². The molecule has 0 fully saturated rings. The molecule has 0 heterocycles. The second-order valence-corrected chi connectivity index (χ2v) is 10.0. The van der Waals surface area contributed by atoms with Crippen molar-refractivity contribution in [3.63, 3.8) is 0 Å². The van der Waals surface area contributed by atoms with Crippen molar-refractivity contribution in [2.75, 3.05) is 6.61 Å². The first-order valence-corrected chi connectivity index (χ1v) is 8.80. The van der Waals surface area contributed by atoms with Gasteiger partial charge in [0.1, 0.15) is 0 Å². The second kappa shape index (κ2) is 6.14. The van der Waals surface area contributed by atoms with Crippen LogP contribution in [-0.2, 0) is 9.16 Å².